The number of anilines is 3. The summed E-state index contributed by atoms with van der Waals surface area (Å²) >= 11 is 0. The lowest BCUT2D eigenvalue weighted by Crippen LogP contribution is -1.95. The number of benzene rings is 1. The first-order valence-electron chi connectivity index (χ1n) is 6.40. The second kappa shape index (κ2) is 5.64. The Hall–Kier alpha value is -2.86. The van der Waals surface area contributed by atoms with Crippen molar-refractivity contribution in [3.8, 4) is 11.3 Å². The van der Waals surface area contributed by atoms with E-state index in [2.05, 4.69) is 15.3 Å². The van der Waals surface area contributed by atoms with E-state index in [0.717, 1.165) is 5.56 Å². The minimum atomic E-state index is 0.369. The second-order valence-electron chi connectivity index (χ2n) is 4.56. The molecule has 3 N–H and O–H groups in total. The van der Waals surface area contributed by atoms with E-state index < -0.39 is 0 Å². The summed E-state index contributed by atoms with van der Waals surface area (Å²) in [6.45, 7) is 2.04. The lowest BCUT2D eigenvalue weighted by atomic mass is 10.1. The molecule has 0 fully saturated rings. The van der Waals surface area contributed by atoms with Gasteiger partial charge in [-0.05, 0) is 19.1 Å². The van der Waals surface area contributed by atoms with Crippen LogP contribution in [0, 0.1) is 6.92 Å². The molecule has 21 heavy (non-hydrogen) atoms. The monoisotopic (exact) mass is 282 g/mol. The molecule has 0 aliphatic heterocycles. The molecule has 0 atom stereocenters. The molecular formula is C15H14N4O2. The fraction of sp³-hybridized carbons (Fsp3) is 0.0667. The lowest BCUT2D eigenvalue weighted by Gasteiger charge is -2.02. The number of aryl methyl sites for hydroxylation is 1. The van der Waals surface area contributed by atoms with Gasteiger partial charge in [0.2, 0.25) is 0 Å². The first-order chi connectivity index (χ1) is 10.2. The Morgan fingerprint density at radius 2 is 1.81 bits per heavy atom. The van der Waals surface area contributed by atoms with E-state index in [1.54, 1.807) is 24.5 Å². The minimum Gasteiger partial charge on any atom is -0.423 e. The first-order valence-corrected chi connectivity index (χ1v) is 6.40. The molecule has 1 aromatic carbocycles. The quantitative estimate of drug-likeness (QED) is 0.634. The smallest absolute Gasteiger partial charge is 0.299 e. The molecule has 0 unspecified atom stereocenters. The molecule has 0 aliphatic rings. The lowest BCUT2D eigenvalue weighted by molar-refractivity contribution is 0.386. The van der Waals surface area contributed by atoms with E-state index in [9.17, 15) is 0 Å². The molecule has 0 amide bonds. The SMILES string of the molecule is Cc1ccc(-c2cnc(Nc3ccc(NO)nc3)o2)cc1. The Bertz CT molecular complexity index is 720. The van der Waals surface area contributed by atoms with Gasteiger partial charge < -0.3 is 9.73 Å². The van der Waals surface area contributed by atoms with Gasteiger partial charge >= 0.3 is 0 Å². The number of nitrogens with zero attached hydrogens (tertiary/aromatic N) is 2. The standard InChI is InChI=1S/C15H14N4O2/c1-10-2-4-11(5-3-10)13-9-17-15(21-13)18-12-6-7-14(19-20)16-8-12/h2-9,20H,1H3,(H,16,19)(H,17,18). The molecule has 0 bridgehead atoms. The summed E-state index contributed by atoms with van der Waals surface area (Å²) in [6, 6.07) is 11.8. The van der Waals surface area contributed by atoms with Crippen molar-refractivity contribution < 1.29 is 9.62 Å². The normalized spacial score (nSPS) is 10.4. The van der Waals surface area contributed by atoms with E-state index in [1.807, 2.05) is 36.7 Å². The minimum absolute atomic E-state index is 0.369. The van der Waals surface area contributed by atoms with E-state index >= 15 is 0 Å². The highest BCUT2D eigenvalue weighted by atomic mass is 16.5. The Labute approximate surface area is 121 Å². The Morgan fingerprint density at radius 1 is 1.00 bits per heavy atom. The molecule has 0 radical (unpaired) electrons. The first kappa shape index (κ1) is 13.1. The predicted molar refractivity (Wildman–Crippen MR) is 79.6 cm³/mol. The molecule has 106 valence electrons. The maximum atomic E-state index is 8.70. The molecule has 0 saturated carbocycles. The number of aromatic nitrogens is 2. The second-order valence-corrected chi connectivity index (χ2v) is 4.56. The molecule has 6 heteroatoms. The van der Waals surface area contributed by atoms with Crippen LogP contribution in [0.3, 0.4) is 0 Å². The van der Waals surface area contributed by atoms with Gasteiger partial charge in [0.25, 0.3) is 6.01 Å². The zero-order valence-electron chi connectivity index (χ0n) is 11.4. The molecular weight excluding hydrogens is 268 g/mol. The Morgan fingerprint density at radius 3 is 2.48 bits per heavy atom. The summed E-state index contributed by atoms with van der Waals surface area (Å²) < 4.78 is 5.66. The third kappa shape index (κ3) is 3.01. The van der Waals surface area contributed by atoms with E-state index in [1.165, 1.54) is 5.56 Å². The van der Waals surface area contributed by atoms with Crippen LogP contribution in [0.25, 0.3) is 11.3 Å². The van der Waals surface area contributed by atoms with Crippen LogP contribution in [0.1, 0.15) is 5.56 Å². The third-order valence-corrected chi connectivity index (χ3v) is 2.97. The maximum Gasteiger partial charge on any atom is 0.299 e. The van der Waals surface area contributed by atoms with Crippen LogP contribution in [-0.4, -0.2) is 15.2 Å². The summed E-state index contributed by atoms with van der Waals surface area (Å²) in [5.41, 5.74) is 4.85. The average Bonchev–Trinajstić information content (AvgIpc) is 2.97. The van der Waals surface area contributed by atoms with Crippen LogP contribution in [0.4, 0.5) is 17.5 Å². The molecule has 0 saturated heterocycles. The fourth-order valence-electron chi connectivity index (χ4n) is 1.84. The van der Waals surface area contributed by atoms with Crippen molar-refractivity contribution in [2.75, 3.05) is 10.8 Å². The van der Waals surface area contributed by atoms with E-state index in [4.69, 9.17) is 9.62 Å². The van der Waals surface area contributed by atoms with Crippen LogP contribution in [0.2, 0.25) is 0 Å². The van der Waals surface area contributed by atoms with Gasteiger partial charge in [-0.25, -0.2) is 9.97 Å². The average molecular weight is 282 g/mol. The summed E-state index contributed by atoms with van der Waals surface area (Å²) in [5, 5.41) is 11.7. The van der Waals surface area contributed by atoms with E-state index in [-0.39, 0.29) is 0 Å². The molecule has 3 aromatic rings. The summed E-state index contributed by atoms with van der Waals surface area (Å²) in [7, 11) is 0. The van der Waals surface area contributed by atoms with Gasteiger partial charge in [-0.2, -0.15) is 0 Å². The molecule has 3 rings (SSSR count). The molecule has 6 nitrogen and oxygen atoms in total. The van der Waals surface area contributed by atoms with Crippen molar-refractivity contribution in [1.29, 1.82) is 0 Å². The largest absolute Gasteiger partial charge is 0.423 e. The highest BCUT2D eigenvalue weighted by molar-refractivity contribution is 5.60. The molecule has 2 aromatic heterocycles. The highest BCUT2D eigenvalue weighted by Gasteiger charge is 2.06. The Balaban J connectivity index is 1.76. The highest BCUT2D eigenvalue weighted by Crippen LogP contribution is 2.24. The van der Waals surface area contributed by atoms with Gasteiger partial charge in [-0.15, -0.1) is 0 Å². The Kier molecular flexibility index (Phi) is 3.53. The third-order valence-electron chi connectivity index (χ3n) is 2.97. The topological polar surface area (TPSA) is 83.2 Å². The fourth-order valence-corrected chi connectivity index (χ4v) is 1.84. The number of nitrogens with one attached hydrogen (secondary N) is 2. The number of pyridine rings is 1. The molecule has 2 heterocycles. The maximum absolute atomic E-state index is 8.70. The molecule has 0 aliphatic carbocycles. The van der Waals surface area contributed by atoms with Gasteiger partial charge in [0.05, 0.1) is 18.1 Å². The van der Waals surface area contributed by atoms with Crippen molar-refractivity contribution in [1.82, 2.24) is 9.97 Å². The van der Waals surface area contributed by atoms with Crippen molar-refractivity contribution in [3.05, 3.63) is 54.4 Å². The van der Waals surface area contributed by atoms with Crippen LogP contribution < -0.4 is 10.8 Å². The number of hydrogen-bond acceptors (Lipinski definition) is 6. The van der Waals surface area contributed by atoms with E-state index in [0.29, 0.717) is 23.3 Å². The zero-order valence-corrected chi connectivity index (χ0v) is 11.4. The van der Waals surface area contributed by atoms with Crippen molar-refractivity contribution in [2.45, 2.75) is 6.92 Å². The predicted octanol–water partition coefficient (Wildman–Crippen LogP) is 3.59. The van der Waals surface area contributed by atoms with Gasteiger partial charge in [0, 0.05) is 5.56 Å². The van der Waals surface area contributed by atoms with Crippen LogP contribution >= 0.6 is 0 Å². The number of oxazole rings is 1. The summed E-state index contributed by atoms with van der Waals surface area (Å²) in [4.78, 5) is 8.16. The zero-order chi connectivity index (χ0) is 14.7. The van der Waals surface area contributed by atoms with Crippen LogP contribution in [-0.2, 0) is 0 Å². The number of hydrogen-bond donors (Lipinski definition) is 3. The van der Waals surface area contributed by atoms with Crippen molar-refractivity contribution >= 4 is 17.5 Å². The van der Waals surface area contributed by atoms with Gasteiger partial charge in [-0.1, -0.05) is 29.8 Å². The van der Waals surface area contributed by atoms with Crippen LogP contribution in [0.15, 0.2) is 53.2 Å². The van der Waals surface area contributed by atoms with Crippen LogP contribution in [0.5, 0.6) is 0 Å². The molecule has 0 spiro atoms. The summed E-state index contributed by atoms with van der Waals surface area (Å²) in [5.74, 6) is 1.06. The summed E-state index contributed by atoms with van der Waals surface area (Å²) in [6.07, 6.45) is 3.23. The van der Waals surface area contributed by atoms with Gasteiger partial charge in [0.15, 0.2) is 5.76 Å². The van der Waals surface area contributed by atoms with Crippen molar-refractivity contribution in [3.63, 3.8) is 0 Å². The number of rotatable bonds is 4. The van der Waals surface area contributed by atoms with Gasteiger partial charge in [0.1, 0.15) is 5.82 Å². The van der Waals surface area contributed by atoms with Gasteiger partial charge in [-0.3, -0.25) is 10.7 Å². The van der Waals surface area contributed by atoms with Crippen molar-refractivity contribution in [2.24, 2.45) is 0 Å².